The predicted octanol–water partition coefficient (Wildman–Crippen LogP) is 3.14. The topological polar surface area (TPSA) is 41.5 Å². The lowest BCUT2D eigenvalue weighted by atomic mass is 10.2. The molecular weight excluding hydrogens is 295 g/mol. The van der Waals surface area contributed by atoms with Gasteiger partial charge < -0.3 is 15.2 Å². The van der Waals surface area contributed by atoms with Crippen LogP contribution in [0.25, 0.3) is 0 Å². The van der Waals surface area contributed by atoms with E-state index in [0.29, 0.717) is 12.1 Å². The summed E-state index contributed by atoms with van der Waals surface area (Å²) in [7, 11) is 0. The first-order chi connectivity index (χ1) is 9.36. The van der Waals surface area contributed by atoms with E-state index in [1.54, 1.807) is 12.1 Å². The molecule has 0 saturated heterocycles. The molecule has 1 rings (SSSR count). The van der Waals surface area contributed by atoms with Gasteiger partial charge in [-0.25, -0.2) is 0 Å². The van der Waals surface area contributed by atoms with Gasteiger partial charge in [0.1, 0.15) is 12.4 Å². The van der Waals surface area contributed by atoms with Gasteiger partial charge in [-0.1, -0.05) is 30.7 Å². The molecule has 0 saturated carbocycles. The van der Waals surface area contributed by atoms with E-state index in [1.165, 1.54) is 6.07 Å². The summed E-state index contributed by atoms with van der Waals surface area (Å²) in [5.41, 5.74) is 0.653. The first-order valence-corrected chi connectivity index (χ1v) is 6.59. The average Bonchev–Trinajstić information content (AvgIpc) is 2.36. The van der Waals surface area contributed by atoms with Crippen molar-refractivity contribution in [3.63, 3.8) is 0 Å². The molecule has 0 spiro atoms. The quantitative estimate of drug-likeness (QED) is 0.760. The van der Waals surface area contributed by atoms with E-state index in [9.17, 15) is 13.2 Å². The van der Waals surface area contributed by atoms with Crippen molar-refractivity contribution in [3.05, 3.63) is 28.8 Å². The van der Waals surface area contributed by atoms with Crippen molar-refractivity contribution in [1.29, 1.82) is 0 Å². The van der Waals surface area contributed by atoms with Crippen molar-refractivity contribution < 1.29 is 23.0 Å². The number of hydrogen-bond donors (Lipinski definition) is 2. The third-order valence-corrected chi connectivity index (χ3v) is 2.85. The maximum absolute atomic E-state index is 12.2. The Kier molecular flexibility index (Phi) is 6.58. The lowest BCUT2D eigenvalue weighted by Gasteiger charge is -2.18. The van der Waals surface area contributed by atoms with Gasteiger partial charge >= 0.3 is 6.18 Å². The van der Waals surface area contributed by atoms with Gasteiger partial charge in [-0.2, -0.15) is 13.2 Å². The number of alkyl halides is 3. The molecule has 0 heterocycles. The summed E-state index contributed by atoms with van der Waals surface area (Å²) in [5.74, 6) is 0.168. The molecule has 20 heavy (non-hydrogen) atoms. The fourth-order valence-corrected chi connectivity index (χ4v) is 1.76. The summed E-state index contributed by atoms with van der Waals surface area (Å²) in [6, 6.07) is 4.93. The van der Waals surface area contributed by atoms with Gasteiger partial charge in [0.25, 0.3) is 0 Å². The van der Waals surface area contributed by atoms with Gasteiger partial charge in [-0.15, -0.1) is 0 Å². The van der Waals surface area contributed by atoms with E-state index in [-0.39, 0.29) is 10.8 Å². The van der Waals surface area contributed by atoms with Crippen molar-refractivity contribution in [1.82, 2.24) is 5.32 Å². The minimum Gasteiger partial charge on any atom is -0.489 e. The Bertz CT molecular complexity index is 427. The SMILES string of the molecule is CCCNCc1cccc(Cl)c1OCC(O)C(F)(F)F. The number of rotatable bonds is 7. The lowest BCUT2D eigenvalue weighted by molar-refractivity contribution is -0.210. The highest BCUT2D eigenvalue weighted by atomic mass is 35.5. The highest BCUT2D eigenvalue weighted by Crippen LogP contribution is 2.30. The van der Waals surface area contributed by atoms with Crippen LogP contribution < -0.4 is 10.1 Å². The zero-order valence-electron chi connectivity index (χ0n) is 11.0. The molecule has 0 radical (unpaired) electrons. The van der Waals surface area contributed by atoms with E-state index in [4.69, 9.17) is 21.4 Å². The Labute approximate surface area is 120 Å². The molecular formula is C13H17ClF3NO2. The van der Waals surface area contributed by atoms with Crippen molar-refractivity contribution in [3.8, 4) is 5.75 Å². The lowest BCUT2D eigenvalue weighted by Crippen LogP contribution is -2.34. The Balaban J connectivity index is 2.72. The Morgan fingerprint density at radius 3 is 2.70 bits per heavy atom. The highest BCUT2D eigenvalue weighted by Gasteiger charge is 2.38. The van der Waals surface area contributed by atoms with Crippen LogP contribution >= 0.6 is 11.6 Å². The van der Waals surface area contributed by atoms with E-state index >= 15 is 0 Å². The fourth-order valence-electron chi connectivity index (χ4n) is 1.51. The molecule has 0 aliphatic heterocycles. The number of aliphatic hydroxyl groups is 1. The molecule has 0 aliphatic carbocycles. The largest absolute Gasteiger partial charge is 0.489 e. The van der Waals surface area contributed by atoms with Crippen LogP contribution in [0.1, 0.15) is 18.9 Å². The molecule has 0 aliphatic rings. The molecule has 0 bridgehead atoms. The fraction of sp³-hybridized carbons (Fsp3) is 0.538. The summed E-state index contributed by atoms with van der Waals surface area (Å²) in [4.78, 5) is 0. The molecule has 1 aromatic carbocycles. The molecule has 2 N–H and O–H groups in total. The summed E-state index contributed by atoms with van der Waals surface area (Å²) in [6.45, 7) is 2.33. The van der Waals surface area contributed by atoms with Crippen LogP contribution in [0.2, 0.25) is 5.02 Å². The van der Waals surface area contributed by atoms with E-state index in [2.05, 4.69) is 5.32 Å². The molecule has 7 heteroatoms. The average molecular weight is 312 g/mol. The molecule has 0 amide bonds. The first-order valence-electron chi connectivity index (χ1n) is 6.22. The molecule has 114 valence electrons. The number of aliphatic hydroxyl groups excluding tert-OH is 1. The maximum Gasteiger partial charge on any atom is 0.417 e. The Morgan fingerprint density at radius 1 is 1.40 bits per heavy atom. The van der Waals surface area contributed by atoms with Crippen LogP contribution in [0.5, 0.6) is 5.75 Å². The Hall–Kier alpha value is -0.980. The monoisotopic (exact) mass is 311 g/mol. The van der Waals surface area contributed by atoms with Gasteiger partial charge in [-0.05, 0) is 19.0 Å². The second kappa shape index (κ2) is 7.71. The van der Waals surface area contributed by atoms with E-state index in [0.717, 1.165) is 13.0 Å². The van der Waals surface area contributed by atoms with Crippen molar-refractivity contribution in [2.45, 2.75) is 32.2 Å². The third kappa shape index (κ3) is 5.19. The Morgan fingerprint density at radius 2 is 2.10 bits per heavy atom. The summed E-state index contributed by atoms with van der Waals surface area (Å²) >= 11 is 5.92. The summed E-state index contributed by atoms with van der Waals surface area (Å²) in [5, 5.41) is 12.3. The van der Waals surface area contributed by atoms with Gasteiger partial charge in [-0.3, -0.25) is 0 Å². The minimum absolute atomic E-state index is 0.168. The third-order valence-electron chi connectivity index (χ3n) is 2.55. The van der Waals surface area contributed by atoms with Crippen LogP contribution in [0.3, 0.4) is 0 Å². The zero-order valence-corrected chi connectivity index (χ0v) is 11.8. The number of hydrogen-bond acceptors (Lipinski definition) is 3. The molecule has 1 atom stereocenters. The number of halogens is 4. The number of ether oxygens (including phenoxy) is 1. The van der Waals surface area contributed by atoms with Crippen molar-refractivity contribution in [2.75, 3.05) is 13.2 Å². The maximum atomic E-state index is 12.2. The molecule has 1 aromatic rings. The van der Waals surface area contributed by atoms with Crippen molar-refractivity contribution >= 4 is 11.6 Å². The number of nitrogens with one attached hydrogen (secondary N) is 1. The van der Waals surface area contributed by atoms with Gasteiger partial charge in [0.2, 0.25) is 0 Å². The van der Waals surface area contributed by atoms with Gasteiger partial charge in [0.15, 0.2) is 6.10 Å². The normalized spacial score (nSPS) is 13.3. The zero-order chi connectivity index (χ0) is 15.2. The second-order valence-corrected chi connectivity index (χ2v) is 4.68. The number of para-hydroxylation sites is 1. The molecule has 0 fully saturated rings. The van der Waals surface area contributed by atoms with Crippen molar-refractivity contribution in [2.24, 2.45) is 0 Å². The van der Waals surface area contributed by atoms with Crippen LogP contribution in [0.4, 0.5) is 13.2 Å². The van der Waals surface area contributed by atoms with Crippen LogP contribution in [0, 0.1) is 0 Å². The highest BCUT2D eigenvalue weighted by molar-refractivity contribution is 6.32. The summed E-state index contributed by atoms with van der Waals surface area (Å²) < 4.78 is 41.7. The molecule has 3 nitrogen and oxygen atoms in total. The van der Waals surface area contributed by atoms with Crippen LogP contribution in [-0.4, -0.2) is 30.5 Å². The smallest absolute Gasteiger partial charge is 0.417 e. The van der Waals surface area contributed by atoms with Gasteiger partial charge in [0.05, 0.1) is 5.02 Å². The minimum atomic E-state index is -4.71. The first kappa shape index (κ1) is 17.1. The number of benzene rings is 1. The van der Waals surface area contributed by atoms with E-state index in [1.807, 2.05) is 6.92 Å². The van der Waals surface area contributed by atoms with E-state index < -0.39 is 18.9 Å². The molecule has 0 aromatic heterocycles. The van der Waals surface area contributed by atoms with Crippen LogP contribution in [-0.2, 0) is 6.54 Å². The summed E-state index contributed by atoms with van der Waals surface area (Å²) in [6.07, 6.45) is -6.30. The van der Waals surface area contributed by atoms with Crippen LogP contribution in [0.15, 0.2) is 18.2 Å². The van der Waals surface area contributed by atoms with Gasteiger partial charge in [0, 0.05) is 12.1 Å². The standard InChI is InChI=1S/C13H17ClF3NO2/c1-2-6-18-7-9-4-3-5-10(14)12(9)20-8-11(19)13(15,16)17/h3-5,11,18-19H,2,6-8H2,1H3. The predicted molar refractivity (Wildman–Crippen MR) is 71.0 cm³/mol. The second-order valence-electron chi connectivity index (χ2n) is 4.27. The molecule has 1 unspecified atom stereocenters.